The standard InChI is InChI=1S/C9H7BrOS2/c1-12-7-3-2-6(11)8-5(10)4-13-9(7)8/h2-4,11H,1H3. The third kappa shape index (κ3) is 1.47. The third-order valence-electron chi connectivity index (χ3n) is 1.84. The molecule has 0 aliphatic rings. The lowest BCUT2D eigenvalue weighted by atomic mass is 10.2. The monoisotopic (exact) mass is 274 g/mol. The van der Waals surface area contributed by atoms with Crippen molar-refractivity contribution < 1.29 is 5.11 Å². The fourth-order valence-corrected chi connectivity index (χ4v) is 3.79. The first kappa shape index (κ1) is 9.37. The van der Waals surface area contributed by atoms with Crippen LogP contribution in [0.5, 0.6) is 5.75 Å². The second-order valence-corrected chi connectivity index (χ2v) is 5.16. The molecule has 0 bridgehead atoms. The Labute approximate surface area is 92.9 Å². The summed E-state index contributed by atoms with van der Waals surface area (Å²) < 4.78 is 2.13. The predicted octanol–water partition coefficient (Wildman–Crippen LogP) is 4.09. The number of thiophene rings is 1. The predicted molar refractivity (Wildman–Crippen MR) is 63.0 cm³/mol. The first-order valence-corrected chi connectivity index (χ1v) is 6.56. The van der Waals surface area contributed by atoms with Gasteiger partial charge in [0.25, 0.3) is 0 Å². The van der Waals surface area contributed by atoms with Crippen LogP contribution in [-0.4, -0.2) is 11.4 Å². The normalized spacial score (nSPS) is 10.9. The largest absolute Gasteiger partial charge is 0.507 e. The average molecular weight is 275 g/mol. The Bertz CT molecular complexity index is 450. The summed E-state index contributed by atoms with van der Waals surface area (Å²) >= 11 is 6.77. The van der Waals surface area contributed by atoms with Crippen molar-refractivity contribution in [2.45, 2.75) is 4.90 Å². The highest BCUT2D eigenvalue weighted by atomic mass is 79.9. The quantitative estimate of drug-likeness (QED) is 0.791. The lowest BCUT2D eigenvalue weighted by Crippen LogP contribution is -1.72. The van der Waals surface area contributed by atoms with Crippen LogP contribution < -0.4 is 0 Å². The van der Waals surface area contributed by atoms with E-state index in [1.165, 1.54) is 4.90 Å². The Kier molecular flexibility index (Phi) is 2.53. The van der Waals surface area contributed by atoms with Gasteiger partial charge in [-0.05, 0) is 34.3 Å². The van der Waals surface area contributed by atoms with Crippen molar-refractivity contribution in [3.63, 3.8) is 0 Å². The summed E-state index contributed by atoms with van der Waals surface area (Å²) in [5, 5.41) is 12.6. The minimum atomic E-state index is 0.348. The number of hydrogen-bond acceptors (Lipinski definition) is 3. The van der Waals surface area contributed by atoms with Crippen molar-refractivity contribution in [1.82, 2.24) is 0 Å². The minimum Gasteiger partial charge on any atom is -0.507 e. The van der Waals surface area contributed by atoms with Gasteiger partial charge in [-0.15, -0.1) is 23.1 Å². The van der Waals surface area contributed by atoms with Gasteiger partial charge in [-0.25, -0.2) is 0 Å². The molecule has 0 saturated heterocycles. The molecule has 1 N–H and O–H groups in total. The highest BCUT2D eigenvalue weighted by Crippen LogP contribution is 2.41. The Balaban J connectivity index is 2.87. The minimum absolute atomic E-state index is 0.348. The summed E-state index contributed by atoms with van der Waals surface area (Å²) in [4.78, 5) is 1.21. The lowest BCUT2D eigenvalue weighted by molar-refractivity contribution is 0.481. The lowest BCUT2D eigenvalue weighted by Gasteiger charge is -2.00. The van der Waals surface area contributed by atoms with E-state index in [-0.39, 0.29) is 0 Å². The molecule has 0 atom stereocenters. The highest BCUT2D eigenvalue weighted by Gasteiger charge is 2.09. The zero-order valence-electron chi connectivity index (χ0n) is 6.87. The van der Waals surface area contributed by atoms with E-state index < -0.39 is 0 Å². The number of aromatic hydroxyl groups is 1. The Morgan fingerprint density at radius 3 is 2.92 bits per heavy atom. The molecule has 0 unspecified atom stereocenters. The number of fused-ring (bicyclic) bond motifs is 1. The van der Waals surface area contributed by atoms with Crippen LogP contribution >= 0.6 is 39.0 Å². The first-order valence-electron chi connectivity index (χ1n) is 3.66. The van der Waals surface area contributed by atoms with E-state index in [1.807, 2.05) is 17.7 Å². The molecular weight excluding hydrogens is 268 g/mol. The van der Waals surface area contributed by atoms with Crippen LogP contribution in [0.15, 0.2) is 26.9 Å². The summed E-state index contributed by atoms with van der Waals surface area (Å²) in [5.74, 6) is 0.348. The van der Waals surface area contributed by atoms with E-state index in [0.29, 0.717) is 5.75 Å². The molecule has 0 radical (unpaired) electrons. The molecule has 4 heteroatoms. The number of halogens is 1. The van der Waals surface area contributed by atoms with Gasteiger partial charge in [0, 0.05) is 20.1 Å². The highest BCUT2D eigenvalue weighted by molar-refractivity contribution is 9.10. The van der Waals surface area contributed by atoms with Gasteiger partial charge in [0.15, 0.2) is 0 Å². The van der Waals surface area contributed by atoms with Crippen molar-refractivity contribution in [2.24, 2.45) is 0 Å². The van der Waals surface area contributed by atoms with Gasteiger partial charge < -0.3 is 5.11 Å². The molecule has 68 valence electrons. The maximum Gasteiger partial charge on any atom is 0.125 e. The fraction of sp³-hybridized carbons (Fsp3) is 0.111. The molecular formula is C9H7BrOS2. The molecule has 0 aliphatic heterocycles. The van der Waals surface area contributed by atoms with Gasteiger partial charge in [0.05, 0.1) is 4.70 Å². The van der Waals surface area contributed by atoms with E-state index in [4.69, 9.17) is 0 Å². The van der Waals surface area contributed by atoms with Gasteiger partial charge >= 0.3 is 0 Å². The number of benzene rings is 1. The molecule has 1 heterocycles. The van der Waals surface area contributed by atoms with E-state index in [1.54, 1.807) is 29.2 Å². The molecule has 1 aromatic heterocycles. The van der Waals surface area contributed by atoms with Crippen LogP contribution in [0, 0.1) is 0 Å². The van der Waals surface area contributed by atoms with E-state index in [2.05, 4.69) is 15.9 Å². The molecule has 0 fully saturated rings. The summed E-state index contributed by atoms with van der Waals surface area (Å²) in [6.07, 6.45) is 2.04. The maximum absolute atomic E-state index is 9.63. The third-order valence-corrected chi connectivity index (χ3v) is 4.69. The van der Waals surface area contributed by atoms with Gasteiger partial charge in [-0.2, -0.15) is 0 Å². The first-order chi connectivity index (χ1) is 6.24. The SMILES string of the molecule is CSc1ccc(O)c2c(Br)csc12. The Hall–Kier alpha value is -0.190. The van der Waals surface area contributed by atoms with E-state index in [0.717, 1.165) is 14.6 Å². The zero-order valence-corrected chi connectivity index (χ0v) is 10.1. The van der Waals surface area contributed by atoms with Crippen LogP contribution in [0.4, 0.5) is 0 Å². The molecule has 1 aromatic carbocycles. The number of thioether (sulfide) groups is 1. The summed E-state index contributed by atoms with van der Waals surface area (Å²) in [5.41, 5.74) is 0. The van der Waals surface area contributed by atoms with Crippen LogP contribution in [-0.2, 0) is 0 Å². The van der Waals surface area contributed by atoms with E-state index >= 15 is 0 Å². The average Bonchev–Trinajstić information content (AvgIpc) is 2.50. The second-order valence-electron chi connectivity index (χ2n) is 2.57. The van der Waals surface area contributed by atoms with Crippen LogP contribution in [0.25, 0.3) is 10.1 Å². The molecule has 0 saturated carbocycles. The Morgan fingerprint density at radius 1 is 1.46 bits per heavy atom. The van der Waals surface area contributed by atoms with Crippen molar-refractivity contribution >= 4 is 49.1 Å². The summed E-state index contributed by atoms with van der Waals surface area (Å²) in [6, 6.07) is 3.69. The van der Waals surface area contributed by atoms with Crippen molar-refractivity contribution in [1.29, 1.82) is 0 Å². The summed E-state index contributed by atoms with van der Waals surface area (Å²) in [6.45, 7) is 0. The van der Waals surface area contributed by atoms with Crippen molar-refractivity contribution in [2.75, 3.05) is 6.26 Å². The summed E-state index contributed by atoms with van der Waals surface area (Å²) in [7, 11) is 0. The van der Waals surface area contributed by atoms with Crippen LogP contribution in [0.3, 0.4) is 0 Å². The number of rotatable bonds is 1. The van der Waals surface area contributed by atoms with Gasteiger partial charge in [0.1, 0.15) is 5.75 Å². The molecule has 2 rings (SSSR count). The fourth-order valence-electron chi connectivity index (χ4n) is 1.23. The maximum atomic E-state index is 9.63. The second kappa shape index (κ2) is 3.52. The van der Waals surface area contributed by atoms with Crippen molar-refractivity contribution in [3.05, 3.63) is 22.0 Å². The van der Waals surface area contributed by atoms with E-state index in [9.17, 15) is 5.11 Å². The van der Waals surface area contributed by atoms with Gasteiger partial charge in [-0.3, -0.25) is 0 Å². The zero-order chi connectivity index (χ0) is 9.42. The molecule has 0 aliphatic carbocycles. The van der Waals surface area contributed by atoms with Crippen LogP contribution in [0.1, 0.15) is 0 Å². The number of phenolic OH excluding ortho intramolecular Hbond substituents is 1. The van der Waals surface area contributed by atoms with Crippen LogP contribution in [0.2, 0.25) is 0 Å². The van der Waals surface area contributed by atoms with Gasteiger partial charge in [0.2, 0.25) is 0 Å². The smallest absolute Gasteiger partial charge is 0.125 e. The number of phenols is 1. The molecule has 13 heavy (non-hydrogen) atoms. The molecule has 0 amide bonds. The van der Waals surface area contributed by atoms with Crippen molar-refractivity contribution in [3.8, 4) is 5.75 Å². The number of hydrogen-bond donors (Lipinski definition) is 1. The molecule has 1 nitrogen and oxygen atoms in total. The molecule has 0 spiro atoms. The van der Waals surface area contributed by atoms with Gasteiger partial charge in [-0.1, -0.05) is 0 Å². The topological polar surface area (TPSA) is 20.2 Å². The molecule has 2 aromatic rings. The Morgan fingerprint density at radius 2 is 2.23 bits per heavy atom.